The first-order valence-electron chi connectivity index (χ1n) is 34.3. The Morgan fingerprint density at radius 3 is 0.658 bits per heavy atom. The Morgan fingerprint density at radius 2 is 0.434 bits per heavy atom. The second-order valence-corrected chi connectivity index (χ2v) is 23.4. The van der Waals surface area contributed by atoms with Crippen LogP contribution < -0.4 is 0 Å². The maximum absolute atomic E-state index is 12.9. The van der Waals surface area contributed by atoms with Crippen LogP contribution in [0.25, 0.3) is 0 Å². The quantitative estimate of drug-likeness (QED) is 0.0261. The second kappa shape index (κ2) is 65.4. The molecule has 0 N–H and O–H groups in total. The van der Waals surface area contributed by atoms with Gasteiger partial charge in [-0.05, 0) is 70.6 Å². The van der Waals surface area contributed by atoms with Crippen molar-refractivity contribution in [3.8, 4) is 0 Å². The number of hydrogen-bond donors (Lipinski definition) is 0. The lowest BCUT2D eigenvalue weighted by atomic mass is 10.0. The van der Waals surface area contributed by atoms with Crippen LogP contribution >= 0.6 is 0 Å². The molecule has 0 fully saturated rings. The van der Waals surface area contributed by atoms with Crippen molar-refractivity contribution < 1.29 is 28.6 Å². The lowest BCUT2D eigenvalue weighted by Gasteiger charge is -2.18. The molecule has 76 heavy (non-hydrogen) atoms. The molecule has 1 unspecified atom stereocenters. The highest BCUT2D eigenvalue weighted by Crippen LogP contribution is 2.18. The van der Waals surface area contributed by atoms with E-state index in [1.165, 1.54) is 289 Å². The van der Waals surface area contributed by atoms with E-state index in [1.54, 1.807) is 0 Å². The van der Waals surface area contributed by atoms with Gasteiger partial charge >= 0.3 is 17.9 Å². The van der Waals surface area contributed by atoms with E-state index in [2.05, 4.69) is 45.1 Å². The van der Waals surface area contributed by atoms with Crippen LogP contribution in [-0.4, -0.2) is 37.2 Å². The summed E-state index contributed by atoms with van der Waals surface area (Å²) in [7, 11) is 0. The second-order valence-electron chi connectivity index (χ2n) is 23.4. The van der Waals surface area contributed by atoms with Crippen LogP contribution in [0.2, 0.25) is 0 Å². The minimum Gasteiger partial charge on any atom is -0.462 e. The number of esters is 3. The Bertz CT molecular complexity index is 1230. The topological polar surface area (TPSA) is 78.9 Å². The van der Waals surface area contributed by atoms with Gasteiger partial charge in [0.25, 0.3) is 0 Å². The molecule has 0 aromatic carbocycles. The molecule has 448 valence electrons. The fraction of sp³-hybridized carbons (Fsp3) is 0.900. The van der Waals surface area contributed by atoms with Crippen molar-refractivity contribution in [1.82, 2.24) is 0 Å². The highest BCUT2D eigenvalue weighted by Gasteiger charge is 2.19. The zero-order valence-electron chi connectivity index (χ0n) is 51.6. The molecule has 0 rings (SSSR count). The Balaban J connectivity index is 4.31. The van der Waals surface area contributed by atoms with E-state index in [9.17, 15) is 14.4 Å². The largest absolute Gasteiger partial charge is 0.462 e. The van der Waals surface area contributed by atoms with Crippen molar-refractivity contribution in [3.05, 3.63) is 24.3 Å². The van der Waals surface area contributed by atoms with Crippen LogP contribution in [0.4, 0.5) is 0 Å². The van der Waals surface area contributed by atoms with E-state index in [-0.39, 0.29) is 31.1 Å². The molecular weight excluding hydrogens is 937 g/mol. The van der Waals surface area contributed by atoms with E-state index < -0.39 is 6.10 Å². The third-order valence-corrected chi connectivity index (χ3v) is 15.7. The number of carbonyl (C=O) groups excluding carboxylic acids is 3. The van der Waals surface area contributed by atoms with Crippen molar-refractivity contribution >= 4 is 17.9 Å². The van der Waals surface area contributed by atoms with E-state index in [0.29, 0.717) is 19.3 Å². The fourth-order valence-electron chi connectivity index (χ4n) is 10.5. The molecule has 0 heterocycles. The van der Waals surface area contributed by atoms with Crippen LogP contribution in [0.3, 0.4) is 0 Å². The summed E-state index contributed by atoms with van der Waals surface area (Å²) >= 11 is 0. The molecule has 0 aromatic heterocycles. The lowest BCUT2D eigenvalue weighted by molar-refractivity contribution is -0.167. The predicted octanol–water partition coefficient (Wildman–Crippen LogP) is 23.4. The smallest absolute Gasteiger partial charge is 0.306 e. The number of carbonyl (C=O) groups is 3. The Labute approximate surface area is 474 Å². The number of unbranched alkanes of at least 4 members (excludes halogenated alkanes) is 49. The van der Waals surface area contributed by atoms with Crippen molar-refractivity contribution in [1.29, 1.82) is 0 Å². The minimum atomic E-state index is -0.771. The van der Waals surface area contributed by atoms with E-state index >= 15 is 0 Å². The number of rotatable bonds is 64. The minimum absolute atomic E-state index is 0.0670. The lowest BCUT2D eigenvalue weighted by Crippen LogP contribution is -2.30. The number of ether oxygens (including phenoxy) is 3. The fourth-order valence-corrected chi connectivity index (χ4v) is 10.5. The van der Waals surface area contributed by atoms with Gasteiger partial charge in [0.1, 0.15) is 13.2 Å². The van der Waals surface area contributed by atoms with Crippen LogP contribution in [0.5, 0.6) is 0 Å². The third-order valence-electron chi connectivity index (χ3n) is 15.7. The van der Waals surface area contributed by atoms with E-state index in [0.717, 1.165) is 57.8 Å². The summed E-state index contributed by atoms with van der Waals surface area (Å²) in [6.07, 6.45) is 79.0. The first kappa shape index (κ1) is 73.9. The Morgan fingerprint density at radius 1 is 0.250 bits per heavy atom. The van der Waals surface area contributed by atoms with E-state index in [4.69, 9.17) is 14.2 Å². The Hall–Kier alpha value is -2.11. The summed E-state index contributed by atoms with van der Waals surface area (Å²) in [6, 6.07) is 0. The zero-order chi connectivity index (χ0) is 55.0. The Kier molecular flexibility index (Phi) is 63.6. The highest BCUT2D eigenvalue weighted by molar-refractivity contribution is 5.71. The van der Waals surface area contributed by atoms with E-state index in [1.807, 2.05) is 0 Å². The molecule has 0 aromatic rings. The van der Waals surface area contributed by atoms with Crippen LogP contribution in [0, 0.1) is 0 Å². The number of allylic oxidation sites excluding steroid dienone is 4. The summed E-state index contributed by atoms with van der Waals surface area (Å²) in [5.41, 5.74) is 0. The zero-order valence-corrected chi connectivity index (χ0v) is 51.6. The summed E-state index contributed by atoms with van der Waals surface area (Å²) < 4.78 is 17.0. The summed E-state index contributed by atoms with van der Waals surface area (Å²) in [5.74, 6) is -0.840. The molecule has 0 spiro atoms. The van der Waals surface area contributed by atoms with Gasteiger partial charge in [-0.3, -0.25) is 14.4 Å². The standard InChI is InChI=1S/C70H132O6/c1-4-7-10-13-16-19-22-25-28-31-34-37-39-42-45-48-51-54-57-60-63-69(72)75-66-67(76-70(73)64-61-58-55-52-49-46-43-40-36-33-30-27-24-21-18-15-12-9-6-3)65-74-68(71)62-59-56-53-50-47-44-41-38-35-32-29-26-23-20-17-14-11-8-5-2/h26-27,29-30,67H,4-25,28,31-66H2,1-3H3/b29-26-,30-27-. The van der Waals surface area contributed by atoms with Gasteiger partial charge in [0, 0.05) is 19.3 Å². The maximum atomic E-state index is 12.9. The molecule has 1 atom stereocenters. The highest BCUT2D eigenvalue weighted by atomic mass is 16.6. The van der Waals surface area contributed by atoms with Crippen molar-refractivity contribution in [2.45, 2.75) is 393 Å². The molecule has 0 aliphatic rings. The summed E-state index contributed by atoms with van der Waals surface area (Å²) in [6.45, 7) is 6.71. The molecule has 6 nitrogen and oxygen atoms in total. The average Bonchev–Trinajstić information content (AvgIpc) is 3.42. The van der Waals surface area contributed by atoms with Gasteiger partial charge in [-0.2, -0.15) is 0 Å². The summed E-state index contributed by atoms with van der Waals surface area (Å²) in [4.78, 5) is 38.4. The third kappa shape index (κ3) is 62.7. The molecule has 0 radical (unpaired) electrons. The predicted molar refractivity (Wildman–Crippen MR) is 330 cm³/mol. The molecule has 0 aliphatic heterocycles. The van der Waals surface area contributed by atoms with Crippen molar-refractivity contribution in [3.63, 3.8) is 0 Å². The average molecular weight is 1070 g/mol. The molecule has 0 bridgehead atoms. The summed E-state index contributed by atoms with van der Waals surface area (Å²) in [5, 5.41) is 0. The molecule has 0 aliphatic carbocycles. The van der Waals surface area contributed by atoms with Gasteiger partial charge in [0.15, 0.2) is 6.10 Å². The van der Waals surface area contributed by atoms with Gasteiger partial charge in [0.2, 0.25) is 0 Å². The van der Waals surface area contributed by atoms with Gasteiger partial charge in [-0.25, -0.2) is 0 Å². The van der Waals surface area contributed by atoms with Crippen LogP contribution in [0.15, 0.2) is 24.3 Å². The maximum Gasteiger partial charge on any atom is 0.306 e. The first-order chi connectivity index (χ1) is 37.5. The molecule has 6 heteroatoms. The van der Waals surface area contributed by atoms with Crippen LogP contribution in [0.1, 0.15) is 387 Å². The molecule has 0 saturated carbocycles. The van der Waals surface area contributed by atoms with Gasteiger partial charge in [0.05, 0.1) is 0 Å². The van der Waals surface area contributed by atoms with Crippen LogP contribution in [-0.2, 0) is 28.6 Å². The SMILES string of the molecule is CCCCCCCC/C=C\CCCCCCCCCCCC(=O)OCC(COC(=O)CCCCCCCCCCCCCCCCCCCCCC)OC(=O)CCCCCCCCCCC/C=C\CCCCCCCC. The molecule has 0 amide bonds. The monoisotopic (exact) mass is 1070 g/mol. The van der Waals surface area contributed by atoms with Gasteiger partial charge in [-0.1, -0.05) is 321 Å². The number of hydrogen-bond acceptors (Lipinski definition) is 6. The molecular formula is C70H132O6. The van der Waals surface area contributed by atoms with Crippen molar-refractivity contribution in [2.75, 3.05) is 13.2 Å². The molecule has 0 saturated heterocycles. The van der Waals surface area contributed by atoms with Gasteiger partial charge < -0.3 is 14.2 Å². The van der Waals surface area contributed by atoms with Crippen molar-refractivity contribution in [2.24, 2.45) is 0 Å². The first-order valence-corrected chi connectivity index (χ1v) is 34.3. The van der Waals surface area contributed by atoms with Gasteiger partial charge in [-0.15, -0.1) is 0 Å². The normalized spacial score (nSPS) is 12.1.